The van der Waals surface area contributed by atoms with Gasteiger partial charge < -0.3 is 9.88 Å². The van der Waals surface area contributed by atoms with E-state index in [9.17, 15) is 17.1 Å². The highest BCUT2D eigenvalue weighted by atomic mass is 32.3. The molecule has 8 heteroatoms. The zero-order valence-electron chi connectivity index (χ0n) is 11.1. The zero-order chi connectivity index (χ0) is 15.0. The van der Waals surface area contributed by atoms with Gasteiger partial charge in [-0.15, -0.1) is 3.89 Å². The number of imidazole rings is 1. The van der Waals surface area contributed by atoms with Crippen molar-refractivity contribution < 1.29 is 17.1 Å². The van der Waals surface area contributed by atoms with Crippen LogP contribution in [0.25, 0.3) is 11.0 Å². The number of amides is 1. The number of benzene rings is 1. The quantitative estimate of drug-likeness (QED) is 0.854. The monoisotopic (exact) mass is 311 g/mol. The fraction of sp³-hybridized carbons (Fsp3) is 0.385. The van der Waals surface area contributed by atoms with Crippen molar-refractivity contribution in [2.75, 3.05) is 13.1 Å². The van der Waals surface area contributed by atoms with Gasteiger partial charge in [0, 0.05) is 19.5 Å². The highest BCUT2D eigenvalue weighted by molar-refractivity contribution is 7.87. The molecule has 1 unspecified atom stereocenters. The molecule has 1 aromatic carbocycles. The van der Waals surface area contributed by atoms with E-state index in [1.54, 1.807) is 6.33 Å². The van der Waals surface area contributed by atoms with Crippen LogP contribution in [0.4, 0.5) is 3.89 Å². The maximum Gasteiger partial charge on any atom is 0.307 e. The standard InChI is InChI=1S/C13H14FN3O3S/c14-21(19,20)10-6-13(18)17(7-10)4-3-9-1-2-11-12(5-9)16-8-15-11/h1-2,5,8,10H,3-4,6-7H2,(H,15,16). The molecule has 1 aliphatic heterocycles. The maximum atomic E-state index is 12.9. The number of hydrogen-bond acceptors (Lipinski definition) is 4. The second kappa shape index (κ2) is 5.10. The van der Waals surface area contributed by atoms with Crippen LogP contribution in [0.5, 0.6) is 0 Å². The molecule has 2 heterocycles. The number of carbonyl (C=O) groups is 1. The largest absolute Gasteiger partial charge is 0.345 e. The number of likely N-dealkylation sites (tertiary alicyclic amines) is 1. The van der Waals surface area contributed by atoms with Gasteiger partial charge in [0.2, 0.25) is 5.91 Å². The van der Waals surface area contributed by atoms with Gasteiger partial charge in [-0.3, -0.25) is 4.79 Å². The second-order valence-corrected chi connectivity index (χ2v) is 6.76. The van der Waals surface area contributed by atoms with E-state index in [-0.39, 0.29) is 18.9 Å². The summed E-state index contributed by atoms with van der Waals surface area (Å²) in [7, 11) is -4.65. The highest BCUT2D eigenvalue weighted by Crippen LogP contribution is 2.20. The van der Waals surface area contributed by atoms with Crippen LogP contribution in [-0.2, 0) is 21.4 Å². The molecule has 1 atom stereocenters. The third-order valence-electron chi connectivity index (χ3n) is 3.73. The molecule has 2 aromatic rings. The van der Waals surface area contributed by atoms with Crippen LogP contribution in [0.1, 0.15) is 12.0 Å². The van der Waals surface area contributed by atoms with E-state index in [4.69, 9.17) is 0 Å². The Morgan fingerprint density at radius 1 is 1.43 bits per heavy atom. The topological polar surface area (TPSA) is 83.1 Å². The number of aromatic nitrogens is 2. The zero-order valence-corrected chi connectivity index (χ0v) is 11.9. The number of rotatable bonds is 4. The number of fused-ring (bicyclic) bond motifs is 1. The summed E-state index contributed by atoms with van der Waals surface area (Å²) >= 11 is 0. The Morgan fingerprint density at radius 2 is 2.24 bits per heavy atom. The Bertz CT molecular complexity index is 787. The summed E-state index contributed by atoms with van der Waals surface area (Å²) in [5.74, 6) is -0.316. The predicted molar refractivity (Wildman–Crippen MR) is 74.8 cm³/mol. The summed E-state index contributed by atoms with van der Waals surface area (Å²) in [6.45, 7) is 0.314. The molecule has 0 saturated carbocycles. The van der Waals surface area contributed by atoms with E-state index in [1.165, 1.54) is 4.90 Å². The normalized spacial score (nSPS) is 19.6. The van der Waals surface area contributed by atoms with E-state index in [1.807, 2.05) is 18.2 Å². The van der Waals surface area contributed by atoms with Crippen molar-refractivity contribution >= 4 is 27.2 Å². The van der Waals surface area contributed by atoms with E-state index in [0.717, 1.165) is 16.6 Å². The van der Waals surface area contributed by atoms with Gasteiger partial charge in [-0.1, -0.05) is 6.07 Å². The molecule has 1 amide bonds. The summed E-state index contributed by atoms with van der Waals surface area (Å²) in [4.78, 5) is 20.2. The van der Waals surface area contributed by atoms with Crippen LogP contribution >= 0.6 is 0 Å². The molecule has 112 valence electrons. The van der Waals surface area contributed by atoms with Gasteiger partial charge in [0.15, 0.2) is 0 Å². The lowest BCUT2D eigenvalue weighted by Gasteiger charge is -2.15. The molecular formula is C13H14FN3O3S. The van der Waals surface area contributed by atoms with Crippen molar-refractivity contribution in [1.29, 1.82) is 0 Å². The number of nitrogens with one attached hydrogen (secondary N) is 1. The maximum absolute atomic E-state index is 12.9. The van der Waals surface area contributed by atoms with E-state index < -0.39 is 15.5 Å². The van der Waals surface area contributed by atoms with Crippen LogP contribution in [0, 0.1) is 0 Å². The van der Waals surface area contributed by atoms with Gasteiger partial charge in [-0.05, 0) is 24.1 Å². The first kappa shape index (κ1) is 14.0. The van der Waals surface area contributed by atoms with Gasteiger partial charge in [0.1, 0.15) is 5.25 Å². The SMILES string of the molecule is O=C1CC(S(=O)(=O)F)CN1CCc1ccc2nc[nH]c2c1. The highest BCUT2D eigenvalue weighted by Gasteiger charge is 2.37. The predicted octanol–water partition coefficient (Wildman–Crippen LogP) is 1.01. The number of aromatic amines is 1. The molecule has 1 N–H and O–H groups in total. The lowest BCUT2D eigenvalue weighted by atomic mass is 10.1. The first-order chi connectivity index (χ1) is 9.93. The first-order valence-corrected chi connectivity index (χ1v) is 8.01. The van der Waals surface area contributed by atoms with Crippen LogP contribution in [0.15, 0.2) is 24.5 Å². The van der Waals surface area contributed by atoms with Crippen molar-refractivity contribution in [3.05, 3.63) is 30.1 Å². The molecule has 0 radical (unpaired) electrons. The van der Waals surface area contributed by atoms with Crippen molar-refractivity contribution in [3.63, 3.8) is 0 Å². The van der Waals surface area contributed by atoms with E-state index in [2.05, 4.69) is 9.97 Å². The molecule has 1 aliphatic rings. The second-order valence-electron chi connectivity index (χ2n) is 5.15. The molecule has 3 rings (SSSR count). The number of carbonyl (C=O) groups excluding carboxylic acids is 1. The Labute approximate surface area is 121 Å². The van der Waals surface area contributed by atoms with Crippen LogP contribution in [0.2, 0.25) is 0 Å². The third kappa shape index (κ3) is 2.90. The average molecular weight is 311 g/mol. The molecule has 0 spiro atoms. The lowest BCUT2D eigenvalue weighted by Crippen LogP contribution is -2.29. The number of H-pyrrole nitrogens is 1. The molecule has 21 heavy (non-hydrogen) atoms. The van der Waals surface area contributed by atoms with Crippen LogP contribution in [-0.4, -0.2) is 47.5 Å². The van der Waals surface area contributed by atoms with Gasteiger partial charge in [0.25, 0.3) is 0 Å². The number of hydrogen-bond donors (Lipinski definition) is 1. The van der Waals surface area contributed by atoms with Gasteiger partial charge >= 0.3 is 10.2 Å². The molecule has 0 bridgehead atoms. The van der Waals surface area contributed by atoms with E-state index >= 15 is 0 Å². The van der Waals surface area contributed by atoms with Gasteiger partial charge in [0.05, 0.1) is 17.4 Å². The Balaban J connectivity index is 1.66. The van der Waals surface area contributed by atoms with E-state index in [0.29, 0.717) is 13.0 Å². The minimum absolute atomic E-state index is 0.0655. The van der Waals surface area contributed by atoms with Gasteiger partial charge in [-0.25, -0.2) is 4.98 Å². The van der Waals surface area contributed by atoms with Gasteiger partial charge in [-0.2, -0.15) is 8.42 Å². The number of halogens is 1. The average Bonchev–Trinajstić information content (AvgIpc) is 3.01. The summed E-state index contributed by atoms with van der Waals surface area (Å²) in [6, 6.07) is 5.72. The third-order valence-corrected chi connectivity index (χ3v) is 4.84. The van der Waals surface area contributed by atoms with Crippen molar-refractivity contribution in [2.45, 2.75) is 18.1 Å². The first-order valence-electron chi connectivity index (χ1n) is 6.57. The van der Waals surface area contributed by atoms with Crippen molar-refractivity contribution in [2.24, 2.45) is 0 Å². The Hall–Kier alpha value is -1.96. The van der Waals surface area contributed by atoms with Crippen LogP contribution < -0.4 is 0 Å². The Kier molecular flexibility index (Phi) is 3.40. The molecule has 1 fully saturated rings. The fourth-order valence-corrected chi connectivity index (χ4v) is 3.24. The fourth-order valence-electron chi connectivity index (χ4n) is 2.54. The summed E-state index contributed by atoms with van der Waals surface area (Å²) in [6.07, 6.45) is 1.92. The van der Waals surface area contributed by atoms with Crippen LogP contribution in [0.3, 0.4) is 0 Å². The minimum Gasteiger partial charge on any atom is -0.345 e. The van der Waals surface area contributed by atoms with Crippen molar-refractivity contribution in [3.8, 4) is 0 Å². The molecule has 6 nitrogen and oxygen atoms in total. The Morgan fingerprint density at radius 3 is 2.95 bits per heavy atom. The molecule has 1 aromatic heterocycles. The summed E-state index contributed by atoms with van der Waals surface area (Å²) in [5.41, 5.74) is 2.77. The lowest BCUT2D eigenvalue weighted by molar-refractivity contribution is -0.127. The summed E-state index contributed by atoms with van der Waals surface area (Å²) in [5, 5.41) is -1.22. The minimum atomic E-state index is -4.65. The molecule has 1 saturated heterocycles. The smallest absolute Gasteiger partial charge is 0.307 e. The summed E-state index contributed by atoms with van der Waals surface area (Å²) < 4.78 is 34.6. The van der Waals surface area contributed by atoms with Crippen molar-refractivity contribution in [1.82, 2.24) is 14.9 Å². The molecular weight excluding hydrogens is 297 g/mol. The number of nitrogens with zero attached hydrogens (tertiary/aromatic N) is 2. The molecule has 0 aliphatic carbocycles.